The second-order valence-corrected chi connectivity index (χ2v) is 4.15. The van der Waals surface area contributed by atoms with Crippen LogP contribution in [0, 0.1) is 5.92 Å². The van der Waals surface area contributed by atoms with Crippen LogP contribution in [0.2, 0.25) is 0 Å². The van der Waals surface area contributed by atoms with Crippen molar-refractivity contribution in [2.75, 3.05) is 19.7 Å². The predicted molar refractivity (Wildman–Crippen MR) is 62.0 cm³/mol. The second kappa shape index (κ2) is 7.41. The summed E-state index contributed by atoms with van der Waals surface area (Å²) >= 11 is 0. The molecule has 16 heavy (non-hydrogen) atoms. The molecule has 2 N–H and O–H groups in total. The molecule has 0 spiro atoms. The molecule has 0 heterocycles. The van der Waals surface area contributed by atoms with Crippen LogP contribution in [-0.2, 0) is 9.53 Å². The van der Waals surface area contributed by atoms with Crippen molar-refractivity contribution in [1.29, 1.82) is 0 Å². The summed E-state index contributed by atoms with van der Waals surface area (Å²) in [4.78, 5) is 10.9. The van der Waals surface area contributed by atoms with Gasteiger partial charge in [-0.2, -0.15) is 0 Å². The third-order valence-corrected chi connectivity index (χ3v) is 2.75. The number of hydrogen-bond acceptors (Lipinski definition) is 4. The Morgan fingerprint density at radius 3 is 3.00 bits per heavy atom. The first kappa shape index (κ1) is 13.2. The summed E-state index contributed by atoms with van der Waals surface area (Å²) in [6.45, 7) is 3.78. The number of carbonyl (C=O) groups is 1. The van der Waals surface area contributed by atoms with Gasteiger partial charge >= 0.3 is 5.97 Å². The van der Waals surface area contributed by atoms with Crippen LogP contribution in [0.3, 0.4) is 0 Å². The lowest BCUT2D eigenvalue weighted by Gasteiger charge is -2.08. The fourth-order valence-electron chi connectivity index (χ4n) is 1.95. The molecule has 1 fully saturated rings. The summed E-state index contributed by atoms with van der Waals surface area (Å²) in [5, 5.41) is 12.6. The highest BCUT2D eigenvalue weighted by atomic mass is 16.5. The lowest BCUT2D eigenvalue weighted by Crippen LogP contribution is -2.22. The van der Waals surface area contributed by atoms with Gasteiger partial charge in [-0.3, -0.25) is 0 Å². The molecule has 0 bridgehead atoms. The molecule has 0 aromatic heterocycles. The highest BCUT2D eigenvalue weighted by molar-refractivity contribution is 5.81. The average molecular weight is 227 g/mol. The van der Waals surface area contributed by atoms with Gasteiger partial charge in [-0.15, -0.1) is 0 Å². The van der Waals surface area contributed by atoms with Crippen LogP contribution in [0.1, 0.15) is 26.2 Å². The molecule has 0 radical (unpaired) electrons. The third kappa shape index (κ3) is 5.28. The monoisotopic (exact) mass is 227 g/mol. The Morgan fingerprint density at radius 1 is 1.56 bits per heavy atom. The largest absolute Gasteiger partial charge is 0.463 e. The molecular formula is C12H21NO3. The van der Waals surface area contributed by atoms with Crippen LogP contribution in [-0.4, -0.2) is 36.9 Å². The van der Waals surface area contributed by atoms with Crippen LogP contribution in [0.4, 0.5) is 0 Å². The third-order valence-electron chi connectivity index (χ3n) is 2.75. The topological polar surface area (TPSA) is 58.6 Å². The number of aliphatic hydroxyl groups excluding tert-OH is 1. The van der Waals surface area contributed by atoms with Crippen molar-refractivity contribution in [2.24, 2.45) is 5.92 Å². The molecule has 2 atom stereocenters. The Balaban J connectivity index is 2.01. The molecule has 4 heteroatoms. The molecular weight excluding hydrogens is 206 g/mol. The van der Waals surface area contributed by atoms with E-state index in [1.54, 1.807) is 13.0 Å². The van der Waals surface area contributed by atoms with Gasteiger partial charge in [0.25, 0.3) is 0 Å². The fraction of sp³-hybridized carbons (Fsp3) is 0.750. The van der Waals surface area contributed by atoms with Gasteiger partial charge in [-0.1, -0.05) is 6.08 Å². The van der Waals surface area contributed by atoms with E-state index in [-0.39, 0.29) is 12.1 Å². The zero-order chi connectivity index (χ0) is 11.8. The van der Waals surface area contributed by atoms with Gasteiger partial charge in [0.1, 0.15) is 0 Å². The molecule has 1 aliphatic rings. The summed E-state index contributed by atoms with van der Waals surface area (Å²) in [6, 6.07) is 0. The molecule has 0 aromatic rings. The molecule has 2 unspecified atom stereocenters. The Kier molecular flexibility index (Phi) is 6.11. The van der Waals surface area contributed by atoms with E-state index in [9.17, 15) is 9.90 Å². The van der Waals surface area contributed by atoms with E-state index in [2.05, 4.69) is 5.32 Å². The van der Waals surface area contributed by atoms with Crippen molar-refractivity contribution < 1.29 is 14.6 Å². The van der Waals surface area contributed by atoms with Crippen molar-refractivity contribution in [3.63, 3.8) is 0 Å². The Morgan fingerprint density at radius 2 is 2.38 bits per heavy atom. The first-order valence-electron chi connectivity index (χ1n) is 5.94. The van der Waals surface area contributed by atoms with Crippen molar-refractivity contribution in [3.8, 4) is 0 Å². The van der Waals surface area contributed by atoms with E-state index in [1.807, 2.05) is 0 Å². The molecule has 0 saturated heterocycles. The SMILES string of the molecule is CCOC(=O)/C=C/CNCC1CCC(O)C1. The van der Waals surface area contributed by atoms with E-state index in [4.69, 9.17) is 4.74 Å². The van der Waals surface area contributed by atoms with Crippen molar-refractivity contribution in [1.82, 2.24) is 5.32 Å². The molecule has 1 rings (SSSR count). The van der Waals surface area contributed by atoms with E-state index in [0.29, 0.717) is 19.1 Å². The zero-order valence-corrected chi connectivity index (χ0v) is 9.82. The average Bonchev–Trinajstić information content (AvgIpc) is 2.64. The summed E-state index contributed by atoms with van der Waals surface area (Å²) in [5.74, 6) is 0.284. The molecule has 4 nitrogen and oxygen atoms in total. The molecule has 0 aromatic carbocycles. The lowest BCUT2D eigenvalue weighted by atomic mass is 10.1. The molecule has 1 saturated carbocycles. The standard InChI is InChI=1S/C12H21NO3/c1-2-16-12(15)4-3-7-13-9-10-5-6-11(14)8-10/h3-4,10-11,13-14H,2,5-9H2,1H3/b4-3+. The van der Waals surface area contributed by atoms with E-state index in [1.165, 1.54) is 6.08 Å². The first-order chi connectivity index (χ1) is 7.72. The molecule has 0 amide bonds. The van der Waals surface area contributed by atoms with E-state index >= 15 is 0 Å². The summed E-state index contributed by atoms with van der Waals surface area (Å²) in [5.41, 5.74) is 0. The van der Waals surface area contributed by atoms with Gasteiger partial charge in [0.05, 0.1) is 12.7 Å². The minimum Gasteiger partial charge on any atom is -0.463 e. The van der Waals surface area contributed by atoms with Crippen LogP contribution < -0.4 is 5.32 Å². The van der Waals surface area contributed by atoms with Gasteiger partial charge in [0, 0.05) is 12.6 Å². The number of ether oxygens (including phenoxy) is 1. The number of aliphatic hydroxyl groups is 1. The van der Waals surface area contributed by atoms with Crippen LogP contribution in [0.15, 0.2) is 12.2 Å². The second-order valence-electron chi connectivity index (χ2n) is 4.15. The molecule has 0 aliphatic heterocycles. The zero-order valence-electron chi connectivity index (χ0n) is 9.82. The van der Waals surface area contributed by atoms with Crippen molar-refractivity contribution >= 4 is 5.97 Å². The number of esters is 1. The Labute approximate surface area is 96.7 Å². The van der Waals surface area contributed by atoms with Crippen LogP contribution in [0.5, 0.6) is 0 Å². The highest BCUT2D eigenvalue weighted by Crippen LogP contribution is 2.24. The van der Waals surface area contributed by atoms with Gasteiger partial charge in [0.2, 0.25) is 0 Å². The van der Waals surface area contributed by atoms with E-state index < -0.39 is 0 Å². The van der Waals surface area contributed by atoms with Gasteiger partial charge in [-0.05, 0) is 38.6 Å². The normalized spacial score (nSPS) is 25.1. The number of carbonyl (C=O) groups excluding carboxylic acids is 1. The quantitative estimate of drug-likeness (QED) is 0.401. The maximum absolute atomic E-state index is 10.9. The number of hydrogen-bond donors (Lipinski definition) is 2. The van der Waals surface area contributed by atoms with Gasteiger partial charge in [-0.25, -0.2) is 4.79 Å². The summed E-state index contributed by atoms with van der Waals surface area (Å²) in [7, 11) is 0. The molecule has 92 valence electrons. The lowest BCUT2D eigenvalue weighted by molar-refractivity contribution is -0.137. The maximum atomic E-state index is 10.9. The smallest absolute Gasteiger partial charge is 0.330 e. The number of nitrogens with one attached hydrogen (secondary N) is 1. The molecule has 1 aliphatic carbocycles. The van der Waals surface area contributed by atoms with Crippen LogP contribution >= 0.6 is 0 Å². The predicted octanol–water partition coefficient (Wildman–Crippen LogP) is 0.856. The van der Waals surface area contributed by atoms with E-state index in [0.717, 1.165) is 25.8 Å². The maximum Gasteiger partial charge on any atom is 0.330 e. The van der Waals surface area contributed by atoms with Crippen molar-refractivity contribution in [3.05, 3.63) is 12.2 Å². The Hall–Kier alpha value is -0.870. The van der Waals surface area contributed by atoms with Crippen LogP contribution in [0.25, 0.3) is 0 Å². The minimum atomic E-state index is -0.291. The summed E-state index contributed by atoms with van der Waals surface area (Å²) < 4.78 is 4.75. The first-order valence-corrected chi connectivity index (χ1v) is 5.94. The Bertz CT molecular complexity index is 240. The number of rotatable bonds is 6. The fourth-order valence-corrected chi connectivity index (χ4v) is 1.95. The van der Waals surface area contributed by atoms with Gasteiger partial charge < -0.3 is 15.2 Å². The highest BCUT2D eigenvalue weighted by Gasteiger charge is 2.21. The van der Waals surface area contributed by atoms with Crippen molar-refractivity contribution in [2.45, 2.75) is 32.3 Å². The minimum absolute atomic E-state index is 0.109. The van der Waals surface area contributed by atoms with Gasteiger partial charge in [0.15, 0.2) is 0 Å². The summed E-state index contributed by atoms with van der Waals surface area (Å²) in [6.07, 6.45) is 6.01.